The minimum absolute atomic E-state index is 0. The van der Waals surface area contributed by atoms with Gasteiger partial charge in [0.2, 0.25) is 5.91 Å². The van der Waals surface area contributed by atoms with Gasteiger partial charge in [-0.2, -0.15) is 0 Å². The molecular formula is C25H35IN4O3. The number of amides is 1. The van der Waals surface area contributed by atoms with Crippen LogP contribution in [-0.4, -0.2) is 49.0 Å². The van der Waals surface area contributed by atoms with E-state index >= 15 is 0 Å². The lowest BCUT2D eigenvalue weighted by molar-refractivity contribution is -0.135. The molecule has 1 atom stereocenters. The van der Waals surface area contributed by atoms with Crippen LogP contribution in [0.25, 0.3) is 0 Å². The first-order valence-electron chi connectivity index (χ1n) is 11.7. The predicted molar refractivity (Wildman–Crippen MR) is 140 cm³/mol. The average Bonchev–Trinajstić information content (AvgIpc) is 3.33. The van der Waals surface area contributed by atoms with Crippen LogP contribution in [-0.2, 0) is 11.2 Å². The lowest BCUT2D eigenvalue weighted by Crippen LogP contribution is -2.51. The average molecular weight is 566 g/mol. The molecule has 0 radical (unpaired) electrons. The number of fused-ring (bicyclic) bond motifs is 1. The largest absolute Gasteiger partial charge is 0.493 e. The first-order chi connectivity index (χ1) is 15.6. The molecule has 2 aromatic rings. The molecule has 2 aliphatic rings. The number of para-hydroxylation sites is 1. The van der Waals surface area contributed by atoms with Crippen molar-refractivity contribution in [3.8, 4) is 5.75 Å². The second kappa shape index (κ2) is 12.3. The van der Waals surface area contributed by atoms with Gasteiger partial charge < -0.3 is 24.7 Å². The smallest absolute Gasteiger partial charge is 0.225 e. The summed E-state index contributed by atoms with van der Waals surface area (Å²) in [5.41, 5.74) is 1.16. The van der Waals surface area contributed by atoms with Crippen molar-refractivity contribution in [2.24, 2.45) is 10.9 Å². The SMILES string of the molecule is CC(C)C(=O)N1CCC(NC(=NCCc2ccco2)NC2CCOc3ccccc32)CC1.I. The summed E-state index contributed by atoms with van der Waals surface area (Å²) in [6, 6.07) is 12.5. The Kier molecular flexibility index (Phi) is 9.46. The van der Waals surface area contributed by atoms with E-state index in [-0.39, 0.29) is 47.9 Å². The quantitative estimate of drug-likeness (QED) is 0.312. The number of guanidine groups is 1. The molecule has 33 heavy (non-hydrogen) atoms. The normalized spacial score (nSPS) is 18.8. The van der Waals surface area contributed by atoms with Gasteiger partial charge in [0.05, 0.1) is 18.9 Å². The zero-order chi connectivity index (χ0) is 22.3. The summed E-state index contributed by atoms with van der Waals surface area (Å²) in [5.74, 6) is 2.98. The second-order valence-electron chi connectivity index (χ2n) is 8.83. The van der Waals surface area contributed by atoms with Gasteiger partial charge >= 0.3 is 0 Å². The highest BCUT2D eigenvalue weighted by atomic mass is 127. The third-order valence-corrected chi connectivity index (χ3v) is 6.12. The van der Waals surface area contributed by atoms with Crippen LogP contribution in [0.2, 0.25) is 0 Å². The summed E-state index contributed by atoms with van der Waals surface area (Å²) in [5, 5.41) is 7.27. The van der Waals surface area contributed by atoms with Crippen LogP contribution in [0.1, 0.15) is 50.5 Å². The highest BCUT2D eigenvalue weighted by Crippen LogP contribution is 2.31. The molecule has 1 unspecified atom stereocenters. The summed E-state index contributed by atoms with van der Waals surface area (Å²) in [6.07, 6.45) is 5.17. The minimum atomic E-state index is 0. The van der Waals surface area contributed by atoms with E-state index in [2.05, 4.69) is 16.7 Å². The molecule has 0 saturated carbocycles. The number of ether oxygens (including phenoxy) is 1. The molecule has 8 heteroatoms. The molecular weight excluding hydrogens is 531 g/mol. The van der Waals surface area contributed by atoms with Crippen molar-refractivity contribution in [3.63, 3.8) is 0 Å². The first kappa shape index (κ1) is 25.4. The molecule has 3 heterocycles. The number of likely N-dealkylation sites (tertiary alicyclic amines) is 1. The number of halogens is 1. The number of carbonyl (C=O) groups is 1. The second-order valence-corrected chi connectivity index (χ2v) is 8.83. The molecule has 4 rings (SSSR count). The summed E-state index contributed by atoms with van der Waals surface area (Å²) in [4.78, 5) is 19.1. The van der Waals surface area contributed by atoms with Crippen molar-refractivity contribution >= 4 is 35.8 Å². The zero-order valence-corrected chi connectivity index (χ0v) is 21.8. The zero-order valence-electron chi connectivity index (χ0n) is 19.5. The fourth-order valence-electron chi connectivity index (χ4n) is 4.33. The summed E-state index contributed by atoms with van der Waals surface area (Å²) < 4.78 is 11.3. The minimum Gasteiger partial charge on any atom is -0.493 e. The molecule has 1 amide bonds. The van der Waals surface area contributed by atoms with E-state index in [0.29, 0.717) is 13.2 Å². The Balaban J connectivity index is 0.00000306. The highest BCUT2D eigenvalue weighted by Gasteiger charge is 2.26. The number of hydrogen-bond donors (Lipinski definition) is 2. The standard InChI is InChI=1S/C25H34N4O3.HI/c1-18(2)24(30)29-14-10-19(11-15-29)27-25(26-13-9-20-6-5-16-31-20)28-22-12-17-32-23-8-4-3-7-21(22)23;/h3-8,16,18-19,22H,9-15,17H2,1-2H3,(H2,26,27,28);1H. The number of benzene rings is 1. The summed E-state index contributed by atoms with van der Waals surface area (Å²) >= 11 is 0. The van der Waals surface area contributed by atoms with E-state index in [1.54, 1.807) is 6.26 Å². The lowest BCUT2D eigenvalue weighted by atomic mass is 10.0. The fourth-order valence-corrected chi connectivity index (χ4v) is 4.33. The van der Waals surface area contributed by atoms with Gasteiger partial charge in [0.15, 0.2) is 5.96 Å². The van der Waals surface area contributed by atoms with Crippen LogP contribution < -0.4 is 15.4 Å². The Bertz CT molecular complexity index is 908. The van der Waals surface area contributed by atoms with Gasteiger partial charge in [-0.25, -0.2) is 0 Å². The topological polar surface area (TPSA) is 79.1 Å². The molecule has 7 nitrogen and oxygen atoms in total. The Morgan fingerprint density at radius 2 is 1.91 bits per heavy atom. The van der Waals surface area contributed by atoms with Gasteiger partial charge in [0.1, 0.15) is 11.5 Å². The van der Waals surface area contributed by atoms with Gasteiger partial charge in [0, 0.05) is 50.0 Å². The van der Waals surface area contributed by atoms with Crippen LogP contribution >= 0.6 is 24.0 Å². The number of nitrogens with one attached hydrogen (secondary N) is 2. The molecule has 180 valence electrons. The maximum absolute atomic E-state index is 12.3. The van der Waals surface area contributed by atoms with Crippen LogP contribution in [0.3, 0.4) is 0 Å². The number of aliphatic imine (C=N–C) groups is 1. The van der Waals surface area contributed by atoms with Crippen LogP contribution in [0.15, 0.2) is 52.1 Å². The number of piperidine rings is 1. The molecule has 0 aliphatic carbocycles. The third-order valence-electron chi connectivity index (χ3n) is 6.12. The lowest BCUT2D eigenvalue weighted by Gasteiger charge is -2.35. The number of nitrogens with zero attached hydrogens (tertiary/aromatic N) is 2. The third kappa shape index (κ3) is 6.88. The summed E-state index contributed by atoms with van der Waals surface area (Å²) in [6.45, 7) is 6.82. The van der Waals surface area contributed by atoms with Crippen molar-refractivity contribution in [2.75, 3.05) is 26.2 Å². The van der Waals surface area contributed by atoms with Gasteiger partial charge in [0.25, 0.3) is 0 Å². The van der Waals surface area contributed by atoms with E-state index in [1.807, 2.05) is 49.1 Å². The summed E-state index contributed by atoms with van der Waals surface area (Å²) in [7, 11) is 0. The fraction of sp³-hybridized carbons (Fsp3) is 0.520. The van der Waals surface area contributed by atoms with Crippen LogP contribution in [0, 0.1) is 5.92 Å². The maximum Gasteiger partial charge on any atom is 0.225 e. The Hall–Kier alpha value is -2.23. The number of furan rings is 1. The number of rotatable bonds is 6. The number of hydrogen-bond acceptors (Lipinski definition) is 4. The van der Waals surface area contributed by atoms with Crippen molar-refractivity contribution in [1.82, 2.24) is 15.5 Å². The molecule has 1 fully saturated rings. The van der Waals surface area contributed by atoms with E-state index in [0.717, 1.165) is 61.8 Å². The molecule has 2 aliphatic heterocycles. The molecule has 2 N–H and O–H groups in total. The van der Waals surface area contributed by atoms with Gasteiger partial charge in [-0.05, 0) is 31.0 Å². The van der Waals surface area contributed by atoms with Crippen molar-refractivity contribution in [3.05, 3.63) is 54.0 Å². The molecule has 0 spiro atoms. The Labute approximate surface area is 213 Å². The van der Waals surface area contributed by atoms with Crippen LogP contribution in [0.4, 0.5) is 0 Å². The highest BCUT2D eigenvalue weighted by molar-refractivity contribution is 14.0. The Morgan fingerprint density at radius 1 is 1.12 bits per heavy atom. The van der Waals surface area contributed by atoms with E-state index < -0.39 is 0 Å². The molecule has 1 aromatic heterocycles. The first-order valence-corrected chi connectivity index (χ1v) is 11.7. The number of carbonyl (C=O) groups excluding carboxylic acids is 1. The predicted octanol–water partition coefficient (Wildman–Crippen LogP) is 4.15. The van der Waals surface area contributed by atoms with Crippen molar-refractivity contribution < 1.29 is 13.9 Å². The van der Waals surface area contributed by atoms with Gasteiger partial charge in [-0.15, -0.1) is 24.0 Å². The van der Waals surface area contributed by atoms with Crippen molar-refractivity contribution in [1.29, 1.82) is 0 Å². The molecule has 1 aromatic carbocycles. The maximum atomic E-state index is 12.3. The monoisotopic (exact) mass is 566 g/mol. The van der Waals surface area contributed by atoms with Crippen molar-refractivity contribution in [2.45, 2.75) is 51.6 Å². The molecule has 1 saturated heterocycles. The van der Waals surface area contributed by atoms with E-state index in [9.17, 15) is 4.79 Å². The van der Waals surface area contributed by atoms with E-state index in [4.69, 9.17) is 14.1 Å². The van der Waals surface area contributed by atoms with Gasteiger partial charge in [-0.1, -0.05) is 32.0 Å². The Morgan fingerprint density at radius 3 is 2.64 bits per heavy atom. The molecule has 0 bridgehead atoms. The van der Waals surface area contributed by atoms with Gasteiger partial charge in [-0.3, -0.25) is 9.79 Å². The van der Waals surface area contributed by atoms with E-state index in [1.165, 1.54) is 0 Å². The van der Waals surface area contributed by atoms with Crippen LogP contribution in [0.5, 0.6) is 5.75 Å².